The summed E-state index contributed by atoms with van der Waals surface area (Å²) in [4.78, 5) is 14.6. The van der Waals surface area contributed by atoms with Gasteiger partial charge in [-0.3, -0.25) is 9.79 Å². The smallest absolute Gasteiger partial charge is 0.234 e. The number of carbonyl (C=O) groups excluding carboxylic acids is 1. The number of nitrogens with two attached hydrogens (primary N) is 2. The molecule has 62 valence electrons. The van der Waals surface area contributed by atoms with E-state index in [0.717, 1.165) is 0 Å². The fraction of sp³-hybridized carbons (Fsp3) is 0.667. The Morgan fingerprint density at radius 3 is 3.00 bits per heavy atom. The van der Waals surface area contributed by atoms with Crippen molar-refractivity contribution in [2.45, 2.75) is 6.04 Å². The number of nitrogens with zero attached hydrogens (tertiary/aromatic N) is 1. The van der Waals surface area contributed by atoms with Crippen LogP contribution in [-0.4, -0.2) is 31.4 Å². The van der Waals surface area contributed by atoms with E-state index in [9.17, 15) is 4.79 Å². The molecule has 0 saturated carbocycles. The number of nitrogens with one attached hydrogen (secondary N) is 1. The molecule has 0 spiro atoms. The van der Waals surface area contributed by atoms with Crippen LogP contribution in [0.5, 0.6) is 0 Å². The molecule has 0 saturated heterocycles. The van der Waals surface area contributed by atoms with Crippen LogP contribution < -0.4 is 16.8 Å². The number of hydrogen-bond donors (Lipinski definition) is 3. The number of aliphatic imine (C=N–C) groups is 1. The topological polar surface area (TPSA) is 93.5 Å². The van der Waals surface area contributed by atoms with Crippen molar-refractivity contribution in [3.8, 4) is 0 Å². The maximum absolute atomic E-state index is 10.6. The normalized spacial score (nSPS) is 25.7. The third-order valence-corrected chi connectivity index (χ3v) is 1.74. The second kappa shape index (κ2) is 3.34. The largest absolute Gasteiger partial charge is 0.376 e. The van der Waals surface area contributed by atoms with Gasteiger partial charge in [-0.05, 0) is 0 Å². The summed E-state index contributed by atoms with van der Waals surface area (Å²) < 4.78 is 0. The molecule has 0 aromatic heterocycles. The minimum absolute atomic E-state index is 0.0394. The van der Waals surface area contributed by atoms with Crippen LogP contribution in [0, 0.1) is 5.92 Å². The molecule has 1 rings (SSSR count). The monoisotopic (exact) mass is 156 g/mol. The molecule has 0 radical (unpaired) electrons. The Hall–Kier alpha value is -1.10. The van der Waals surface area contributed by atoms with Crippen molar-refractivity contribution >= 4 is 12.2 Å². The second-order valence-corrected chi connectivity index (χ2v) is 2.59. The molecule has 2 unspecified atom stereocenters. The zero-order valence-electron chi connectivity index (χ0n) is 6.16. The molecule has 1 amide bonds. The van der Waals surface area contributed by atoms with Crippen molar-refractivity contribution < 1.29 is 4.79 Å². The lowest BCUT2D eigenvalue weighted by atomic mass is 9.99. The lowest BCUT2D eigenvalue weighted by molar-refractivity contribution is -0.120. The summed E-state index contributed by atoms with van der Waals surface area (Å²) in [5.41, 5.74) is 10.5. The molecule has 0 bridgehead atoms. The van der Waals surface area contributed by atoms with Crippen molar-refractivity contribution in [1.29, 1.82) is 0 Å². The van der Waals surface area contributed by atoms with Gasteiger partial charge in [0.05, 0.1) is 12.4 Å². The molecule has 1 heterocycles. The van der Waals surface area contributed by atoms with Gasteiger partial charge in [0.2, 0.25) is 5.91 Å². The average Bonchev–Trinajstić information content (AvgIpc) is 2.05. The number of carbonyl (C=O) groups is 1. The Kier molecular flexibility index (Phi) is 2.43. The molecule has 1 aliphatic heterocycles. The molecular formula is C6H12N4O. The minimum atomic E-state index is -0.583. The van der Waals surface area contributed by atoms with E-state index in [2.05, 4.69) is 10.3 Å². The standard InChI is InChI=1S/C6H12N4O/c7-5(6(8)11)4-1-9-3-10-2-4/h3-5H,1-2,7H2,(H2,8,11)(H,9,10). The Labute approximate surface area is 64.8 Å². The molecule has 11 heavy (non-hydrogen) atoms. The third kappa shape index (κ3) is 1.91. The molecule has 1 aliphatic rings. The van der Waals surface area contributed by atoms with Crippen LogP contribution in [0.25, 0.3) is 0 Å². The van der Waals surface area contributed by atoms with Crippen LogP contribution in [0.2, 0.25) is 0 Å². The lowest BCUT2D eigenvalue weighted by Gasteiger charge is -2.22. The van der Waals surface area contributed by atoms with Crippen molar-refractivity contribution in [3.63, 3.8) is 0 Å². The van der Waals surface area contributed by atoms with Crippen LogP contribution in [0.15, 0.2) is 4.99 Å². The summed E-state index contributed by atoms with van der Waals surface area (Å²) in [5.74, 6) is -0.425. The third-order valence-electron chi connectivity index (χ3n) is 1.74. The van der Waals surface area contributed by atoms with Crippen molar-refractivity contribution in [2.24, 2.45) is 22.4 Å². The first-order valence-electron chi connectivity index (χ1n) is 3.48. The van der Waals surface area contributed by atoms with Crippen LogP contribution >= 0.6 is 0 Å². The van der Waals surface area contributed by atoms with E-state index >= 15 is 0 Å². The van der Waals surface area contributed by atoms with Crippen LogP contribution in [-0.2, 0) is 4.79 Å². The van der Waals surface area contributed by atoms with Gasteiger partial charge < -0.3 is 16.8 Å². The summed E-state index contributed by atoms with van der Waals surface area (Å²) in [5, 5.41) is 2.89. The number of rotatable bonds is 2. The van der Waals surface area contributed by atoms with E-state index in [1.807, 2.05) is 0 Å². The molecule has 0 aromatic rings. The van der Waals surface area contributed by atoms with Gasteiger partial charge in [0.25, 0.3) is 0 Å². The van der Waals surface area contributed by atoms with E-state index in [-0.39, 0.29) is 5.92 Å². The van der Waals surface area contributed by atoms with Gasteiger partial charge in [-0.1, -0.05) is 0 Å². The molecule has 0 fully saturated rings. The molecule has 5 nitrogen and oxygen atoms in total. The summed E-state index contributed by atoms with van der Waals surface area (Å²) in [6, 6.07) is -0.583. The van der Waals surface area contributed by atoms with Crippen LogP contribution in [0.1, 0.15) is 0 Å². The first kappa shape index (κ1) is 8.00. The van der Waals surface area contributed by atoms with Crippen LogP contribution in [0.3, 0.4) is 0 Å². The van der Waals surface area contributed by atoms with E-state index in [4.69, 9.17) is 11.5 Å². The zero-order chi connectivity index (χ0) is 8.27. The van der Waals surface area contributed by atoms with Gasteiger partial charge >= 0.3 is 0 Å². The van der Waals surface area contributed by atoms with Gasteiger partial charge in [0.1, 0.15) is 0 Å². The predicted octanol–water partition coefficient (Wildman–Crippen LogP) is -1.95. The van der Waals surface area contributed by atoms with Crippen molar-refractivity contribution in [2.75, 3.05) is 13.1 Å². The predicted molar refractivity (Wildman–Crippen MR) is 42.0 cm³/mol. The highest BCUT2D eigenvalue weighted by molar-refractivity contribution is 5.80. The van der Waals surface area contributed by atoms with Gasteiger partial charge in [-0.2, -0.15) is 0 Å². The Morgan fingerprint density at radius 1 is 1.82 bits per heavy atom. The number of primary amides is 1. The first-order chi connectivity index (χ1) is 5.22. The molecule has 5 heteroatoms. The Morgan fingerprint density at radius 2 is 2.55 bits per heavy atom. The quantitative estimate of drug-likeness (QED) is 0.433. The van der Waals surface area contributed by atoms with Crippen LogP contribution in [0.4, 0.5) is 0 Å². The molecule has 2 atom stereocenters. The van der Waals surface area contributed by atoms with E-state index in [0.29, 0.717) is 13.1 Å². The highest BCUT2D eigenvalue weighted by Gasteiger charge is 2.22. The molecular weight excluding hydrogens is 144 g/mol. The highest BCUT2D eigenvalue weighted by Crippen LogP contribution is 2.02. The summed E-state index contributed by atoms with van der Waals surface area (Å²) in [6.45, 7) is 1.25. The van der Waals surface area contributed by atoms with E-state index in [1.54, 1.807) is 6.34 Å². The molecule has 5 N–H and O–H groups in total. The van der Waals surface area contributed by atoms with Gasteiger partial charge in [-0.25, -0.2) is 0 Å². The highest BCUT2D eigenvalue weighted by atomic mass is 16.1. The SMILES string of the molecule is NC(=O)C(N)C1CN=CNC1. The number of hydrogen-bond acceptors (Lipinski definition) is 4. The zero-order valence-corrected chi connectivity index (χ0v) is 6.16. The molecule has 0 aromatic carbocycles. The fourth-order valence-electron chi connectivity index (χ4n) is 0.994. The summed E-state index contributed by atoms with van der Waals surface area (Å²) in [6.07, 6.45) is 1.62. The van der Waals surface area contributed by atoms with Gasteiger partial charge in [0, 0.05) is 19.0 Å². The second-order valence-electron chi connectivity index (χ2n) is 2.59. The lowest BCUT2D eigenvalue weighted by Crippen LogP contribution is -2.48. The Bertz CT molecular complexity index is 179. The van der Waals surface area contributed by atoms with Gasteiger partial charge in [0.15, 0.2) is 0 Å². The summed E-state index contributed by atoms with van der Waals surface area (Å²) >= 11 is 0. The average molecular weight is 156 g/mol. The van der Waals surface area contributed by atoms with Gasteiger partial charge in [-0.15, -0.1) is 0 Å². The van der Waals surface area contributed by atoms with Crippen molar-refractivity contribution in [3.05, 3.63) is 0 Å². The number of amides is 1. The van der Waals surface area contributed by atoms with Crippen molar-refractivity contribution in [1.82, 2.24) is 5.32 Å². The fourth-order valence-corrected chi connectivity index (χ4v) is 0.994. The maximum atomic E-state index is 10.6. The summed E-state index contributed by atoms with van der Waals surface area (Å²) in [7, 11) is 0. The minimum Gasteiger partial charge on any atom is -0.376 e. The van der Waals surface area contributed by atoms with E-state index in [1.165, 1.54) is 0 Å². The first-order valence-corrected chi connectivity index (χ1v) is 3.48. The maximum Gasteiger partial charge on any atom is 0.234 e. The Balaban J connectivity index is 2.46. The van der Waals surface area contributed by atoms with E-state index < -0.39 is 11.9 Å². The molecule has 0 aliphatic carbocycles.